The van der Waals surface area contributed by atoms with Crippen molar-refractivity contribution < 1.29 is 4.79 Å². The van der Waals surface area contributed by atoms with Crippen LogP contribution in [0.2, 0.25) is 0 Å². The van der Waals surface area contributed by atoms with Gasteiger partial charge in [-0.2, -0.15) is 0 Å². The summed E-state index contributed by atoms with van der Waals surface area (Å²) >= 11 is 1.79. The fraction of sp³-hybridized carbons (Fsp3) is 0.562. The number of carbonyl (C=O) groups is 1. The molecule has 0 spiro atoms. The highest BCUT2D eigenvalue weighted by molar-refractivity contribution is 7.99. The maximum Gasteiger partial charge on any atom is 0.251 e. The van der Waals surface area contributed by atoms with Gasteiger partial charge in [0.25, 0.3) is 5.91 Å². The summed E-state index contributed by atoms with van der Waals surface area (Å²) in [6.45, 7) is 8.92. The van der Waals surface area contributed by atoms with Gasteiger partial charge in [0.2, 0.25) is 0 Å². The standard InChI is InChI=1S/C16H26N2OS/c1-5-16(17,6-2)11-18-15(19)13-7-9-14(10-8-13)20-12(3)4/h7-10,12H,5-6,11,17H2,1-4H3,(H,18,19). The van der Waals surface area contributed by atoms with Crippen LogP contribution in [0.4, 0.5) is 0 Å². The van der Waals surface area contributed by atoms with Crippen LogP contribution in [-0.4, -0.2) is 23.2 Å². The Morgan fingerprint density at radius 1 is 1.25 bits per heavy atom. The van der Waals surface area contributed by atoms with Crippen LogP contribution in [0.5, 0.6) is 0 Å². The molecule has 0 radical (unpaired) electrons. The summed E-state index contributed by atoms with van der Waals surface area (Å²) in [6, 6.07) is 7.73. The number of nitrogens with one attached hydrogen (secondary N) is 1. The summed E-state index contributed by atoms with van der Waals surface area (Å²) in [7, 11) is 0. The predicted octanol–water partition coefficient (Wildman–Crippen LogP) is 3.43. The van der Waals surface area contributed by atoms with Crippen molar-refractivity contribution in [3.63, 3.8) is 0 Å². The van der Waals surface area contributed by atoms with Crippen molar-refractivity contribution in [3.8, 4) is 0 Å². The first-order valence-electron chi connectivity index (χ1n) is 7.24. The van der Waals surface area contributed by atoms with Gasteiger partial charge in [0.15, 0.2) is 0 Å². The van der Waals surface area contributed by atoms with Gasteiger partial charge in [0.1, 0.15) is 0 Å². The molecule has 3 nitrogen and oxygen atoms in total. The summed E-state index contributed by atoms with van der Waals surface area (Å²) in [5.41, 5.74) is 6.57. The molecular weight excluding hydrogens is 268 g/mol. The molecule has 0 atom stereocenters. The molecule has 0 saturated heterocycles. The maximum atomic E-state index is 12.1. The van der Waals surface area contributed by atoms with Gasteiger partial charge in [-0.15, -0.1) is 11.8 Å². The van der Waals surface area contributed by atoms with Crippen molar-refractivity contribution in [2.45, 2.75) is 56.2 Å². The van der Waals surface area contributed by atoms with Crippen molar-refractivity contribution in [2.24, 2.45) is 5.73 Å². The van der Waals surface area contributed by atoms with E-state index in [0.717, 1.165) is 12.8 Å². The summed E-state index contributed by atoms with van der Waals surface area (Å²) in [6.07, 6.45) is 1.71. The third-order valence-electron chi connectivity index (χ3n) is 3.50. The smallest absolute Gasteiger partial charge is 0.251 e. The Hall–Kier alpha value is -1.00. The van der Waals surface area contributed by atoms with E-state index in [4.69, 9.17) is 5.73 Å². The Balaban J connectivity index is 2.60. The predicted molar refractivity (Wildman–Crippen MR) is 87.3 cm³/mol. The number of thioether (sulfide) groups is 1. The number of hydrogen-bond acceptors (Lipinski definition) is 3. The minimum absolute atomic E-state index is 0.0529. The van der Waals surface area contributed by atoms with Crippen LogP contribution in [0, 0.1) is 0 Å². The van der Waals surface area contributed by atoms with Gasteiger partial charge in [-0.25, -0.2) is 0 Å². The molecular formula is C16H26N2OS. The lowest BCUT2D eigenvalue weighted by atomic mass is 9.94. The first-order chi connectivity index (χ1) is 9.40. The van der Waals surface area contributed by atoms with E-state index in [1.807, 2.05) is 38.1 Å². The van der Waals surface area contributed by atoms with E-state index < -0.39 is 0 Å². The van der Waals surface area contributed by atoms with Crippen LogP contribution < -0.4 is 11.1 Å². The van der Waals surface area contributed by atoms with Crippen LogP contribution in [0.1, 0.15) is 50.9 Å². The second kappa shape index (κ2) is 7.70. The van der Waals surface area contributed by atoms with Crippen molar-refractivity contribution in [1.29, 1.82) is 0 Å². The van der Waals surface area contributed by atoms with Crippen LogP contribution in [-0.2, 0) is 0 Å². The fourth-order valence-electron chi connectivity index (χ4n) is 1.82. The van der Waals surface area contributed by atoms with Gasteiger partial charge in [0, 0.05) is 27.8 Å². The molecule has 4 heteroatoms. The lowest BCUT2D eigenvalue weighted by Crippen LogP contribution is -2.49. The normalized spacial score (nSPS) is 11.7. The highest BCUT2D eigenvalue weighted by atomic mass is 32.2. The molecule has 0 aromatic heterocycles. The van der Waals surface area contributed by atoms with Crippen molar-refractivity contribution in [1.82, 2.24) is 5.32 Å². The Bertz CT molecular complexity index is 425. The second-order valence-electron chi connectivity index (χ2n) is 5.44. The van der Waals surface area contributed by atoms with E-state index in [2.05, 4.69) is 19.2 Å². The molecule has 0 aliphatic carbocycles. The topological polar surface area (TPSA) is 55.1 Å². The van der Waals surface area contributed by atoms with E-state index in [1.165, 1.54) is 4.90 Å². The van der Waals surface area contributed by atoms with E-state index in [1.54, 1.807) is 11.8 Å². The highest BCUT2D eigenvalue weighted by Crippen LogP contribution is 2.22. The molecule has 0 aliphatic rings. The number of hydrogen-bond donors (Lipinski definition) is 2. The quantitative estimate of drug-likeness (QED) is 0.757. The number of nitrogens with two attached hydrogens (primary N) is 1. The molecule has 0 bridgehead atoms. The molecule has 0 saturated carbocycles. The first kappa shape index (κ1) is 17.1. The molecule has 112 valence electrons. The lowest BCUT2D eigenvalue weighted by Gasteiger charge is -2.26. The minimum atomic E-state index is -0.302. The fourth-order valence-corrected chi connectivity index (χ4v) is 2.65. The van der Waals surface area contributed by atoms with Crippen LogP contribution in [0.3, 0.4) is 0 Å². The van der Waals surface area contributed by atoms with Crippen LogP contribution in [0.15, 0.2) is 29.2 Å². The summed E-state index contributed by atoms with van der Waals surface area (Å²) in [5.74, 6) is -0.0529. The Labute approximate surface area is 126 Å². The molecule has 0 aliphatic heterocycles. The molecule has 3 N–H and O–H groups in total. The van der Waals surface area contributed by atoms with Crippen molar-refractivity contribution in [2.75, 3.05) is 6.54 Å². The first-order valence-corrected chi connectivity index (χ1v) is 8.12. The molecule has 1 rings (SSSR count). The number of benzene rings is 1. The third kappa shape index (κ3) is 5.17. The number of carbonyl (C=O) groups excluding carboxylic acids is 1. The van der Waals surface area contributed by atoms with Gasteiger partial charge >= 0.3 is 0 Å². The average Bonchev–Trinajstić information content (AvgIpc) is 2.44. The largest absolute Gasteiger partial charge is 0.350 e. The zero-order valence-corrected chi connectivity index (χ0v) is 13.7. The molecule has 0 unspecified atom stereocenters. The van der Waals surface area contributed by atoms with Crippen LogP contribution >= 0.6 is 11.8 Å². The minimum Gasteiger partial charge on any atom is -0.350 e. The van der Waals surface area contributed by atoms with Gasteiger partial charge in [-0.1, -0.05) is 27.7 Å². The highest BCUT2D eigenvalue weighted by Gasteiger charge is 2.21. The van der Waals surface area contributed by atoms with Gasteiger partial charge in [0.05, 0.1) is 0 Å². The molecule has 0 heterocycles. The van der Waals surface area contributed by atoms with E-state index in [-0.39, 0.29) is 11.4 Å². The SMILES string of the molecule is CCC(N)(CC)CNC(=O)c1ccc(SC(C)C)cc1. The van der Waals surface area contributed by atoms with E-state index in [9.17, 15) is 4.79 Å². The number of rotatable bonds is 7. The average molecular weight is 294 g/mol. The Kier molecular flexibility index (Phi) is 6.56. The molecule has 1 aromatic rings. The van der Waals surface area contributed by atoms with E-state index >= 15 is 0 Å². The van der Waals surface area contributed by atoms with Gasteiger partial charge in [-0.05, 0) is 37.1 Å². The Morgan fingerprint density at radius 3 is 2.25 bits per heavy atom. The monoisotopic (exact) mass is 294 g/mol. The zero-order valence-electron chi connectivity index (χ0n) is 12.9. The molecule has 20 heavy (non-hydrogen) atoms. The third-order valence-corrected chi connectivity index (χ3v) is 4.51. The summed E-state index contributed by atoms with van der Waals surface area (Å²) in [4.78, 5) is 13.3. The molecule has 1 amide bonds. The molecule has 0 fully saturated rings. The van der Waals surface area contributed by atoms with Gasteiger partial charge in [-0.3, -0.25) is 4.79 Å². The zero-order chi connectivity index (χ0) is 15.2. The van der Waals surface area contributed by atoms with Crippen molar-refractivity contribution in [3.05, 3.63) is 29.8 Å². The van der Waals surface area contributed by atoms with Gasteiger partial charge < -0.3 is 11.1 Å². The number of amides is 1. The lowest BCUT2D eigenvalue weighted by molar-refractivity contribution is 0.0942. The Morgan fingerprint density at radius 2 is 1.80 bits per heavy atom. The van der Waals surface area contributed by atoms with Crippen molar-refractivity contribution >= 4 is 17.7 Å². The summed E-state index contributed by atoms with van der Waals surface area (Å²) in [5, 5.41) is 3.47. The second-order valence-corrected chi connectivity index (χ2v) is 7.09. The summed E-state index contributed by atoms with van der Waals surface area (Å²) < 4.78 is 0. The van der Waals surface area contributed by atoms with E-state index in [0.29, 0.717) is 17.4 Å². The van der Waals surface area contributed by atoms with Crippen LogP contribution in [0.25, 0.3) is 0 Å². The maximum absolute atomic E-state index is 12.1. The molecule has 1 aromatic carbocycles.